The zero-order valence-electron chi connectivity index (χ0n) is 9.98. The number of nitrogens with one attached hydrogen (secondary N) is 1. The number of aromatic amines is 1. The summed E-state index contributed by atoms with van der Waals surface area (Å²) in [7, 11) is 0. The number of benzene rings is 1. The van der Waals surface area contributed by atoms with E-state index in [4.69, 9.17) is 35.4 Å². The van der Waals surface area contributed by atoms with Crippen molar-refractivity contribution in [3.05, 3.63) is 49.3 Å². The van der Waals surface area contributed by atoms with E-state index in [-0.39, 0.29) is 6.04 Å². The molecule has 0 saturated heterocycles. The fourth-order valence-corrected chi connectivity index (χ4v) is 3.60. The highest BCUT2D eigenvalue weighted by molar-refractivity contribution is 7.71. The predicted molar refractivity (Wildman–Crippen MR) is 85.3 cm³/mol. The van der Waals surface area contributed by atoms with Crippen molar-refractivity contribution in [1.82, 2.24) is 9.55 Å². The maximum Gasteiger partial charge on any atom is 0.178 e. The van der Waals surface area contributed by atoms with E-state index < -0.39 is 0 Å². The van der Waals surface area contributed by atoms with Crippen LogP contribution in [0.1, 0.15) is 18.5 Å². The van der Waals surface area contributed by atoms with Crippen LogP contribution < -0.4 is 0 Å². The Morgan fingerprint density at radius 3 is 2.74 bits per heavy atom. The number of aromatic nitrogens is 2. The van der Waals surface area contributed by atoms with Gasteiger partial charge in [-0.15, -0.1) is 0 Å². The first-order chi connectivity index (χ1) is 9.08. The fraction of sp³-hybridized carbons (Fsp3) is 0.154. The van der Waals surface area contributed by atoms with Gasteiger partial charge in [-0.1, -0.05) is 23.2 Å². The van der Waals surface area contributed by atoms with E-state index in [0.29, 0.717) is 14.8 Å². The van der Waals surface area contributed by atoms with Crippen molar-refractivity contribution in [3.8, 4) is 0 Å². The molecule has 6 heteroatoms. The number of hydrogen-bond acceptors (Lipinski definition) is 2. The van der Waals surface area contributed by atoms with Crippen molar-refractivity contribution < 1.29 is 0 Å². The van der Waals surface area contributed by atoms with Crippen LogP contribution in [0, 0.1) is 4.77 Å². The van der Waals surface area contributed by atoms with Crippen LogP contribution in [-0.2, 0) is 0 Å². The van der Waals surface area contributed by atoms with Gasteiger partial charge in [-0.05, 0) is 53.7 Å². The van der Waals surface area contributed by atoms with Gasteiger partial charge in [0.15, 0.2) is 4.77 Å². The Morgan fingerprint density at radius 2 is 2.05 bits per heavy atom. The highest BCUT2D eigenvalue weighted by Crippen LogP contribution is 2.31. The fourth-order valence-electron chi connectivity index (χ4n) is 2.17. The number of imidazole rings is 1. The number of nitrogens with zero attached hydrogens (tertiary/aromatic N) is 1. The molecular weight excluding hydrogens is 319 g/mol. The number of thiophene rings is 1. The van der Waals surface area contributed by atoms with E-state index in [1.807, 2.05) is 12.1 Å². The normalized spacial score (nSPS) is 13.0. The summed E-state index contributed by atoms with van der Waals surface area (Å²) in [5.41, 5.74) is 3.10. The van der Waals surface area contributed by atoms with E-state index in [0.717, 1.165) is 11.0 Å². The van der Waals surface area contributed by atoms with Crippen molar-refractivity contribution in [3.63, 3.8) is 0 Å². The van der Waals surface area contributed by atoms with Crippen LogP contribution >= 0.6 is 46.8 Å². The van der Waals surface area contributed by atoms with Crippen LogP contribution in [0.15, 0.2) is 29.0 Å². The van der Waals surface area contributed by atoms with Gasteiger partial charge in [-0.25, -0.2) is 0 Å². The van der Waals surface area contributed by atoms with Gasteiger partial charge in [0.05, 0.1) is 27.1 Å². The number of H-pyrrole nitrogens is 1. The smallest absolute Gasteiger partial charge is 0.178 e. The van der Waals surface area contributed by atoms with E-state index in [1.54, 1.807) is 11.3 Å². The van der Waals surface area contributed by atoms with E-state index >= 15 is 0 Å². The molecule has 0 saturated carbocycles. The molecule has 2 nitrogen and oxygen atoms in total. The molecule has 2 heterocycles. The molecule has 2 aromatic heterocycles. The van der Waals surface area contributed by atoms with Crippen molar-refractivity contribution in [2.75, 3.05) is 0 Å². The summed E-state index contributed by atoms with van der Waals surface area (Å²) in [5, 5.41) is 5.26. The average Bonchev–Trinajstić information content (AvgIpc) is 2.97. The van der Waals surface area contributed by atoms with E-state index in [1.165, 1.54) is 5.56 Å². The van der Waals surface area contributed by atoms with Crippen LogP contribution in [0.4, 0.5) is 0 Å². The Kier molecular flexibility index (Phi) is 3.43. The quantitative estimate of drug-likeness (QED) is 0.600. The maximum atomic E-state index is 6.11. The lowest BCUT2D eigenvalue weighted by molar-refractivity contribution is 0.651. The van der Waals surface area contributed by atoms with Gasteiger partial charge in [0, 0.05) is 0 Å². The second kappa shape index (κ2) is 4.94. The van der Waals surface area contributed by atoms with Crippen molar-refractivity contribution in [2.24, 2.45) is 0 Å². The first-order valence-electron chi connectivity index (χ1n) is 5.69. The van der Waals surface area contributed by atoms with Crippen LogP contribution in [0.3, 0.4) is 0 Å². The third-order valence-electron chi connectivity index (χ3n) is 3.17. The van der Waals surface area contributed by atoms with Crippen LogP contribution in [0.5, 0.6) is 0 Å². The summed E-state index contributed by atoms with van der Waals surface area (Å²) in [4.78, 5) is 3.18. The molecule has 3 rings (SSSR count). The topological polar surface area (TPSA) is 20.7 Å². The van der Waals surface area contributed by atoms with Gasteiger partial charge < -0.3 is 9.55 Å². The molecule has 1 atom stereocenters. The molecule has 0 amide bonds. The first-order valence-corrected chi connectivity index (χ1v) is 7.80. The minimum atomic E-state index is 0.157. The summed E-state index contributed by atoms with van der Waals surface area (Å²) in [6.07, 6.45) is 0. The molecule has 19 heavy (non-hydrogen) atoms. The molecule has 0 spiro atoms. The third-order valence-corrected chi connectivity index (χ3v) is 4.89. The van der Waals surface area contributed by atoms with Crippen molar-refractivity contribution in [2.45, 2.75) is 13.0 Å². The average molecular weight is 329 g/mol. The zero-order chi connectivity index (χ0) is 13.6. The van der Waals surface area contributed by atoms with E-state index in [9.17, 15) is 0 Å². The number of fused-ring (bicyclic) bond motifs is 1. The standard InChI is InChI=1S/C13H10Cl2N2S2/c1-7(8-2-3-19-6-8)17-12-5-10(15)9(14)4-11(12)16-13(17)18/h2-7H,1H3,(H,16,18). The van der Waals surface area contributed by atoms with Crippen LogP contribution in [-0.4, -0.2) is 9.55 Å². The molecule has 0 bridgehead atoms. The Bertz CT molecular complexity index is 787. The zero-order valence-corrected chi connectivity index (χ0v) is 13.1. The van der Waals surface area contributed by atoms with Gasteiger partial charge in [0.2, 0.25) is 0 Å². The van der Waals surface area contributed by atoms with Crippen LogP contribution in [0.2, 0.25) is 10.0 Å². The number of halogens is 2. The summed E-state index contributed by atoms with van der Waals surface area (Å²) >= 11 is 19.2. The molecular formula is C13H10Cl2N2S2. The minimum absolute atomic E-state index is 0.157. The summed E-state index contributed by atoms with van der Waals surface area (Å²) in [6, 6.07) is 5.93. The Labute approximate surface area is 129 Å². The summed E-state index contributed by atoms with van der Waals surface area (Å²) in [6.45, 7) is 2.12. The highest BCUT2D eigenvalue weighted by atomic mass is 35.5. The molecule has 0 aliphatic carbocycles. The van der Waals surface area contributed by atoms with E-state index in [2.05, 4.69) is 33.3 Å². The Morgan fingerprint density at radius 1 is 1.32 bits per heavy atom. The lowest BCUT2D eigenvalue weighted by Crippen LogP contribution is -2.05. The number of rotatable bonds is 2. The summed E-state index contributed by atoms with van der Waals surface area (Å²) < 4.78 is 2.74. The molecule has 1 N–H and O–H groups in total. The first kappa shape index (κ1) is 13.2. The molecule has 1 unspecified atom stereocenters. The molecule has 1 aromatic carbocycles. The van der Waals surface area contributed by atoms with Crippen LogP contribution in [0.25, 0.3) is 11.0 Å². The van der Waals surface area contributed by atoms with Gasteiger partial charge in [0.25, 0.3) is 0 Å². The Balaban J connectivity index is 2.26. The van der Waals surface area contributed by atoms with Crippen molar-refractivity contribution in [1.29, 1.82) is 0 Å². The van der Waals surface area contributed by atoms with Crippen molar-refractivity contribution >= 4 is 57.8 Å². The maximum absolute atomic E-state index is 6.11. The monoisotopic (exact) mass is 328 g/mol. The summed E-state index contributed by atoms with van der Waals surface area (Å²) in [5.74, 6) is 0. The predicted octanol–water partition coefficient (Wildman–Crippen LogP) is 5.68. The molecule has 0 fully saturated rings. The second-order valence-corrected chi connectivity index (χ2v) is 6.30. The molecule has 0 aliphatic heterocycles. The van der Waals surface area contributed by atoms with Gasteiger partial charge in [-0.2, -0.15) is 11.3 Å². The van der Waals surface area contributed by atoms with Gasteiger partial charge in [-0.3, -0.25) is 0 Å². The lowest BCUT2D eigenvalue weighted by Gasteiger charge is -2.13. The molecule has 98 valence electrons. The van der Waals surface area contributed by atoms with Gasteiger partial charge >= 0.3 is 0 Å². The largest absolute Gasteiger partial charge is 0.331 e. The lowest BCUT2D eigenvalue weighted by atomic mass is 10.2. The second-order valence-electron chi connectivity index (χ2n) is 4.32. The third kappa shape index (κ3) is 2.23. The number of hydrogen-bond donors (Lipinski definition) is 1. The molecule has 3 aromatic rings. The van der Waals surface area contributed by atoms with Gasteiger partial charge in [0.1, 0.15) is 0 Å². The molecule has 0 radical (unpaired) electrons. The molecule has 0 aliphatic rings. The SMILES string of the molecule is CC(c1ccsc1)n1c(=S)[nH]c2cc(Cl)c(Cl)cc21. The Hall–Kier alpha value is -0.810. The minimum Gasteiger partial charge on any atom is -0.331 e. The highest BCUT2D eigenvalue weighted by Gasteiger charge is 2.14.